The number of ketones is 1. The van der Waals surface area contributed by atoms with Crippen LogP contribution in [0.25, 0.3) is 0 Å². The fourth-order valence-electron chi connectivity index (χ4n) is 2.81. The lowest BCUT2D eigenvalue weighted by atomic mass is 10.0. The molecule has 0 spiro atoms. The van der Waals surface area contributed by atoms with E-state index in [0.29, 0.717) is 28.3 Å². The molecule has 3 aromatic carbocycles. The average molecular weight is 376 g/mol. The summed E-state index contributed by atoms with van der Waals surface area (Å²) < 4.78 is 10.4. The van der Waals surface area contributed by atoms with Crippen molar-refractivity contribution in [2.75, 3.05) is 25.3 Å². The maximum atomic E-state index is 12.6. The Morgan fingerprint density at radius 1 is 0.821 bits per heavy atom. The summed E-state index contributed by atoms with van der Waals surface area (Å²) >= 11 is 0. The highest BCUT2D eigenvalue weighted by atomic mass is 16.5. The van der Waals surface area contributed by atoms with Crippen molar-refractivity contribution in [2.45, 2.75) is 0 Å². The Balaban J connectivity index is 1.78. The van der Waals surface area contributed by atoms with Gasteiger partial charge in [0.1, 0.15) is 0 Å². The van der Waals surface area contributed by atoms with E-state index in [9.17, 15) is 9.59 Å². The number of benzene rings is 3. The summed E-state index contributed by atoms with van der Waals surface area (Å²) in [4.78, 5) is 25.0. The quantitative estimate of drug-likeness (QED) is 0.505. The van der Waals surface area contributed by atoms with Gasteiger partial charge in [0.05, 0.1) is 25.5 Å². The van der Waals surface area contributed by atoms with E-state index in [1.165, 1.54) is 14.2 Å². The van der Waals surface area contributed by atoms with E-state index in [2.05, 4.69) is 5.32 Å². The predicted molar refractivity (Wildman–Crippen MR) is 108 cm³/mol. The maximum absolute atomic E-state index is 12.6. The number of methoxy groups -OCH3 is 2. The van der Waals surface area contributed by atoms with Crippen molar-refractivity contribution < 1.29 is 19.1 Å². The van der Waals surface area contributed by atoms with Crippen molar-refractivity contribution in [1.82, 2.24) is 0 Å². The summed E-state index contributed by atoms with van der Waals surface area (Å²) in [5, 5.41) is 2.77. The summed E-state index contributed by atoms with van der Waals surface area (Å²) in [5.74, 6) is 0.280. The molecule has 0 saturated heterocycles. The van der Waals surface area contributed by atoms with Crippen LogP contribution in [0.2, 0.25) is 0 Å². The van der Waals surface area contributed by atoms with Gasteiger partial charge >= 0.3 is 0 Å². The molecule has 0 radical (unpaired) electrons. The number of nitrogens with two attached hydrogens (primary N) is 1. The average Bonchev–Trinajstić information content (AvgIpc) is 2.74. The minimum absolute atomic E-state index is 0.0809. The Kier molecular flexibility index (Phi) is 5.60. The minimum atomic E-state index is -0.388. The Morgan fingerprint density at radius 2 is 1.46 bits per heavy atom. The monoisotopic (exact) mass is 376 g/mol. The van der Waals surface area contributed by atoms with E-state index in [4.69, 9.17) is 15.2 Å². The van der Waals surface area contributed by atoms with E-state index < -0.39 is 0 Å². The Bertz CT molecular complexity index is 999. The molecule has 28 heavy (non-hydrogen) atoms. The van der Waals surface area contributed by atoms with Crippen LogP contribution in [0.4, 0.5) is 11.4 Å². The van der Waals surface area contributed by atoms with Crippen LogP contribution in [0.5, 0.6) is 11.5 Å². The number of anilines is 2. The second-order valence-electron chi connectivity index (χ2n) is 5.99. The van der Waals surface area contributed by atoms with Crippen LogP contribution in [-0.2, 0) is 0 Å². The van der Waals surface area contributed by atoms with Crippen molar-refractivity contribution in [2.24, 2.45) is 0 Å². The third-order valence-electron chi connectivity index (χ3n) is 4.27. The molecule has 6 heteroatoms. The fourth-order valence-corrected chi connectivity index (χ4v) is 2.81. The largest absolute Gasteiger partial charge is 0.493 e. The maximum Gasteiger partial charge on any atom is 0.257 e. The van der Waals surface area contributed by atoms with Gasteiger partial charge in [-0.05, 0) is 36.4 Å². The van der Waals surface area contributed by atoms with Gasteiger partial charge in [0.15, 0.2) is 17.3 Å². The van der Waals surface area contributed by atoms with Crippen molar-refractivity contribution >= 4 is 23.1 Å². The van der Waals surface area contributed by atoms with Gasteiger partial charge in [0.25, 0.3) is 5.91 Å². The lowest BCUT2D eigenvalue weighted by Crippen LogP contribution is -2.15. The van der Waals surface area contributed by atoms with Gasteiger partial charge in [-0.15, -0.1) is 0 Å². The number of amides is 1. The lowest BCUT2D eigenvalue weighted by molar-refractivity contribution is 0.102. The number of ether oxygens (including phenoxy) is 2. The predicted octanol–water partition coefficient (Wildman–Crippen LogP) is 3.77. The normalized spacial score (nSPS) is 10.2. The molecular formula is C22H20N2O4. The molecule has 3 rings (SSSR count). The Hall–Kier alpha value is -3.80. The summed E-state index contributed by atoms with van der Waals surface area (Å²) in [5.41, 5.74) is 8.19. The van der Waals surface area contributed by atoms with Gasteiger partial charge < -0.3 is 20.5 Å². The second-order valence-corrected chi connectivity index (χ2v) is 5.99. The fraction of sp³-hybridized carbons (Fsp3) is 0.0909. The first kappa shape index (κ1) is 19.0. The molecule has 3 aromatic rings. The first-order chi connectivity index (χ1) is 13.5. The first-order valence-corrected chi connectivity index (χ1v) is 8.56. The molecule has 0 heterocycles. The second kappa shape index (κ2) is 8.26. The molecule has 6 nitrogen and oxygen atoms in total. The van der Waals surface area contributed by atoms with Gasteiger partial charge in [-0.1, -0.05) is 30.3 Å². The van der Waals surface area contributed by atoms with Crippen LogP contribution in [0.15, 0.2) is 66.7 Å². The zero-order chi connectivity index (χ0) is 20.1. The van der Waals surface area contributed by atoms with E-state index >= 15 is 0 Å². The molecule has 0 atom stereocenters. The molecule has 0 aliphatic heterocycles. The highest BCUT2D eigenvalue weighted by molar-refractivity contribution is 6.10. The van der Waals surface area contributed by atoms with Gasteiger partial charge in [0, 0.05) is 16.8 Å². The third kappa shape index (κ3) is 3.81. The lowest BCUT2D eigenvalue weighted by Gasteiger charge is -2.14. The van der Waals surface area contributed by atoms with Crippen LogP contribution in [-0.4, -0.2) is 25.9 Å². The number of carbonyl (C=O) groups is 2. The number of carbonyl (C=O) groups excluding carboxylic acids is 2. The van der Waals surface area contributed by atoms with E-state index in [1.54, 1.807) is 48.5 Å². The molecule has 0 unspecified atom stereocenters. The summed E-state index contributed by atoms with van der Waals surface area (Å²) in [7, 11) is 2.95. The van der Waals surface area contributed by atoms with Crippen molar-refractivity contribution in [3.8, 4) is 11.5 Å². The molecule has 3 N–H and O–H groups in total. The Labute approximate surface area is 162 Å². The van der Waals surface area contributed by atoms with Crippen molar-refractivity contribution in [3.63, 3.8) is 0 Å². The first-order valence-electron chi connectivity index (χ1n) is 8.56. The SMILES string of the molecule is COc1ccc(C(=O)Nc2ccc(C(=O)c3ccccc3)cc2)c(N)c1OC. The zero-order valence-corrected chi connectivity index (χ0v) is 15.6. The van der Waals surface area contributed by atoms with Crippen molar-refractivity contribution in [1.29, 1.82) is 0 Å². The molecule has 142 valence electrons. The van der Waals surface area contributed by atoms with Gasteiger partial charge in [-0.2, -0.15) is 0 Å². The standard InChI is InChI=1S/C22H20N2O4/c1-27-18-13-12-17(19(23)21(18)28-2)22(26)24-16-10-8-15(9-11-16)20(25)14-6-4-3-5-7-14/h3-13H,23H2,1-2H3,(H,24,26). The molecule has 0 saturated carbocycles. The van der Waals surface area contributed by atoms with E-state index in [0.717, 1.165) is 0 Å². The Morgan fingerprint density at radius 3 is 2.07 bits per heavy atom. The number of nitrogen functional groups attached to an aromatic ring is 1. The molecule has 0 aromatic heterocycles. The van der Waals surface area contributed by atoms with Crippen LogP contribution < -0.4 is 20.5 Å². The van der Waals surface area contributed by atoms with Gasteiger partial charge in [0.2, 0.25) is 0 Å². The highest BCUT2D eigenvalue weighted by Gasteiger charge is 2.17. The third-order valence-corrected chi connectivity index (χ3v) is 4.27. The number of hydrogen-bond donors (Lipinski definition) is 2. The molecule has 0 fully saturated rings. The highest BCUT2D eigenvalue weighted by Crippen LogP contribution is 2.35. The van der Waals surface area contributed by atoms with E-state index in [1.807, 2.05) is 18.2 Å². The summed E-state index contributed by atoms with van der Waals surface area (Å²) in [6, 6.07) is 18.9. The molecule has 1 amide bonds. The van der Waals surface area contributed by atoms with Crippen LogP contribution in [0.3, 0.4) is 0 Å². The minimum Gasteiger partial charge on any atom is -0.493 e. The number of rotatable bonds is 6. The zero-order valence-electron chi connectivity index (χ0n) is 15.6. The smallest absolute Gasteiger partial charge is 0.257 e. The summed E-state index contributed by atoms with van der Waals surface area (Å²) in [6.45, 7) is 0. The summed E-state index contributed by atoms with van der Waals surface area (Å²) in [6.07, 6.45) is 0. The van der Waals surface area contributed by atoms with Crippen LogP contribution >= 0.6 is 0 Å². The molecule has 0 aliphatic carbocycles. The molecule has 0 aliphatic rings. The topological polar surface area (TPSA) is 90.7 Å². The van der Waals surface area contributed by atoms with Crippen LogP contribution in [0, 0.1) is 0 Å². The molecular weight excluding hydrogens is 356 g/mol. The van der Waals surface area contributed by atoms with Gasteiger partial charge in [-0.25, -0.2) is 0 Å². The van der Waals surface area contributed by atoms with Crippen LogP contribution in [0.1, 0.15) is 26.3 Å². The van der Waals surface area contributed by atoms with Crippen molar-refractivity contribution in [3.05, 3.63) is 83.4 Å². The van der Waals surface area contributed by atoms with E-state index in [-0.39, 0.29) is 22.9 Å². The molecule has 0 bridgehead atoms. The van der Waals surface area contributed by atoms with Gasteiger partial charge in [-0.3, -0.25) is 9.59 Å². The number of hydrogen-bond acceptors (Lipinski definition) is 5. The number of nitrogens with one attached hydrogen (secondary N) is 1.